The van der Waals surface area contributed by atoms with E-state index in [0.29, 0.717) is 13.1 Å². The molecule has 1 heterocycles. The number of nitrogens with one attached hydrogen (secondary N) is 1. The number of aromatic nitrogens is 2. The molecule has 1 N–H and O–H groups in total. The van der Waals surface area contributed by atoms with Crippen molar-refractivity contribution in [2.45, 2.75) is 52.0 Å². The lowest BCUT2D eigenvalue weighted by molar-refractivity contribution is -0.152. The van der Waals surface area contributed by atoms with Crippen molar-refractivity contribution in [2.24, 2.45) is 7.05 Å². The molecule has 0 spiro atoms. The van der Waals surface area contributed by atoms with Gasteiger partial charge in [-0.1, -0.05) is 25.4 Å². The summed E-state index contributed by atoms with van der Waals surface area (Å²) in [7, 11) is -1.94. The van der Waals surface area contributed by atoms with E-state index in [1.54, 1.807) is 32.5 Å². The Morgan fingerprint density at radius 2 is 1.88 bits per heavy atom. The van der Waals surface area contributed by atoms with Crippen molar-refractivity contribution in [1.82, 2.24) is 14.1 Å². The molecule has 1 aromatic heterocycles. The number of esters is 1. The molecule has 0 aliphatic heterocycles. The molecular formula is C21H29ClN4O5S. The number of rotatable bonds is 9. The highest BCUT2D eigenvalue weighted by molar-refractivity contribution is 7.89. The van der Waals surface area contributed by atoms with Crippen molar-refractivity contribution in [3.05, 3.63) is 40.2 Å². The lowest BCUT2D eigenvalue weighted by Crippen LogP contribution is -2.32. The Kier molecular flexibility index (Phi) is 8.44. The van der Waals surface area contributed by atoms with Crippen molar-refractivity contribution >= 4 is 39.2 Å². The fraction of sp³-hybridized carbons (Fsp3) is 0.476. The van der Waals surface area contributed by atoms with E-state index in [4.69, 9.17) is 16.3 Å². The molecule has 1 amide bonds. The van der Waals surface area contributed by atoms with Crippen LogP contribution in [0.4, 0.5) is 5.69 Å². The molecule has 0 bridgehead atoms. The van der Waals surface area contributed by atoms with Gasteiger partial charge in [0.15, 0.2) is 6.10 Å². The Morgan fingerprint density at radius 1 is 1.25 bits per heavy atom. The number of ether oxygens (including phenoxy) is 1. The van der Waals surface area contributed by atoms with Gasteiger partial charge in [-0.2, -0.15) is 9.40 Å². The number of hydrogen-bond acceptors (Lipinski definition) is 6. The second-order valence-electron chi connectivity index (χ2n) is 7.30. The van der Waals surface area contributed by atoms with E-state index in [0.717, 1.165) is 17.0 Å². The Morgan fingerprint density at radius 3 is 2.41 bits per heavy atom. The van der Waals surface area contributed by atoms with Crippen molar-refractivity contribution in [3.8, 4) is 0 Å². The minimum Gasteiger partial charge on any atom is -0.452 e. The Balaban J connectivity index is 2.12. The third kappa shape index (κ3) is 5.67. The summed E-state index contributed by atoms with van der Waals surface area (Å²) >= 11 is 6.15. The van der Waals surface area contributed by atoms with Crippen LogP contribution in [-0.4, -0.2) is 53.6 Å². The molecule has 0 saturated heterocycles. The summed E-state index contributed by atoms with van der Waals surface area (Å²) in [5.74, 6) is -1.20. The Bertz CT molecular complexity index is 1110. The number of halogens is 1. The summed E-state index contributed by atoms with van der Waals surface area (Å²) in [6.07, 6.45) is -1.12. The maximum Gasteiger partial charge on any atom is 0.311 e. The highest BCUT2D eigenvalue weighted by Gasteiger charge is 2.25. The van der Waals surface area contributed by atoms with E-state index in [2.05, 4.69) is 10.4 Å². The van der Waals surface area contributed by atoms with Crippen LogP contribution in [-0.2, 0) is 37.8 Å². The van der Waals surface area contributed by atoms with Gasteiger partial charge in [0, 0.05) is 31.4 Å². The smallest absolute Gasteiger partial charge is 0.311 e. The van der Waals surface area contributed by atoms with Crippen molar-refractivity contribution in [3.63, 3.8) is 0 Å². The van der Waals surface area contributed by atoms with Crippen LogP contribution in [0.5, 0.6) is 0 Å². The van der Waals surface area contributed by atoms with Gasteiger partial charge in [0.2, 0.25) is 10.0 Å². The van der Waals surface area contributed by atoms with Crippen LogP contribution in [0.2, 0.25) is 5.02 Å². The number of anilines is 1. The van der Waals surface area contributed by atoms with Crippen LogP contribution >= 0.6 is 11.6 Å². The molecule has 2 rings (SSSR count). The molecule has 1 aromatic carbocycles. The number of benzene rings is 1. The quantitative estimate of drug-likeness (QED) is 0.548. The van der Waals surface area contributed by atoms with Crippen LogP contribution in [0.25, 0.3) is 0 Å². The summed E-state index contributed by atoms with van der Waals surface area (Å²) in [5.41, 5.74) is 2.43. The van der Waals surface area contributed by atoms with E-state index in [9.17, 15) is 18.0 Å². The molecule has 0 fully saturated rings. The fourth-order valence-corrected chi connectivity index (χ4v) is 4.87. The van der Waals surface area contributed by atoms with Gasteiger partial charge in [-0.15, -0.1) is 0 Å². The van der Waals surface area contributed by atoms with Gasteiger partial charge < -0.3 is 10.1 Å². The van der Waals surface area contributed by atoms with Crippen molar-refractivity contribution in [2.75, 3.05) is 18.4 Å². The molecular weight excluding hydrogens is 456 g/mol. The number of aryl methyl sites for hydroxylation is 2. The molecule has 2 aromatic rings. The molecule has 0 radical (unpaired) electrons. The lowest BCUT2D eigenvalue weighted by Gasteiger charge is -2.19. The van der Waals surface area contributed by atoms with Crippen LogP contribution in [0.1, 0.15) is 37.7 Å². The van der Waals surface area contributed by atoms with E-state index in [1.165, 1.54) is 29.4 Å². The summed E-state index contributed by atoms with van der Waals surface area (Å²) in [6.45, 7) is 9.18. The van der Waals surface area contributed by atoms with Gasteiger partial charge in [-0.05, 0) is 39.0 Å². The van der Waals surface area contributed by atoms with Crippen LogP contribution in [0.3, 0.4) is 0 Å². The first-order chi connectivity index (χ1) is 14.9. The first-order valence-electron chi connectivity index (χ1n) is 10.2. The minimum atomic E-state index is -3.73. The number of carbonyl (C=O) groups excluding carboxylic acids is 2. The Hall–Kier alpha value is -2.43. The third-order valence-corrected chi connectivity index (χ3v) is 7.57. The number of carbonyl (C=O) groups is 2. The van der Waals surface area contributed by atoms with Crippen molar-refractivity contribution < 1.29 is 22.7 Å². The standard InChI is InChI=1S/C21H29ClN4O5S/c1-7-26(8-2)32(29,30)16-9-10-18(22)19(11-16)23-21(28)15(5)31-20(27)12-17-13(3)24-25(6)14(17)4/h9-11,15H,7-8,12H2,1-6H3,(H,23,28). The average Bonchev–Trinajstić information content (AvgIpc) is 2.96. The van der Waals surface area contributed by atoms with E-state index < -0.39 is 28.0 Å². The topological polar surface area (TPSA) is 111 Å². The largest absolute Gasteiger partial charge is 0.452 e. The second kappa shape index (κ2) is 10.5. The molecule has 32 heavy (non-hydrogen) atoms. The van der Waals surface area contributed by atoms with Gasteiger partial charge in [0.1, 0.15) is 0 Å². The molecule has 0 aliphatic rings. The molecule has 176 valence electrons. The minimum absolute atomic E-state index is 0.00748. The average molecular weight is 485 g/mol. The summed E-state index contributed by atoms with van der Waals surface area (Å²) in [5, 5.41) is 6.97. The third-order valence-electron chi connectivity index (χ3n) is 5.20. The van der Waals surface area contributed by atoms with Gasteiger partial charge in [0.05, 0.1) is 27.7 Å². The van der Waals surface area contributed by atoms with Crippen LogP contribution < -0.4 is 5.32 Å². The monoisotopic (exact) mass is 484 g/mol. The van der Waals surface area contributed by atoms with Gasteiger partial charge in [0.25, 0.3) is 5.91 Å². The van der Waals surface area contributed by atoms with Gasteiger partial charge in [-0.3, -0.25) is 14.3 Å². The molecule has 11 heteroatoms. The predicted octanol–water partition coefficient (Wildman–Crippen LogP) is 2.83. The second-order valence-corrected chi connectivity index (χ2v) is 9.65. The molecule has 0 aliphatic carbocycles. The predicted molar refractivity (Wildman–Crippen MR) is 122 cm³/mol. The molecule has 9 nitrogen and oxygen atoms in total. The van der Waals surface area contributed by atoms with Gasteiger partial charge in [-0.25, -0.2) is 8.42 Å². The lowest BCUT2D eigenvalue weighted by atomic mass is 10.1. The highest BCUT2D eigenvalue weighted by atomic mass is 35.5. The zero-order valence-corrected chi connectivity index (χ0v) is 20.7. The normalized spacial score (nSPS) is 12.6. The summed E-state index contributed by atoms with van der Waals surface area (Å²) in [4.78, 5) is 24.9. The molecule has 1 atom stereocenters. The number of nitrogens with zero attached hydrogens (tertiary/aromatic N) is 3. The maximum absolute atomic E-state index is 12.7. The van der Waals surface area contributed by atoms with Crippen LogP contribution in [0.15, 0.2) is 23.1 Å². The van der Waals surface area contributed by atoms with E-state index in [-0.39, 0.29) is 22.0 Å². The van der Waals surface area contributed by atoms with Crippen molar-refractivity contribution in [1.29, 1.82) is 0 Å². The first kappa shape index (κ1) is 25.8. The highest BCUT2D eigenvalue weighted by Crippen LogP contribution is 2.27. The van der Waals surface area contributed by atoms with E-state index in [1.807, 2.05) is 6.92 Å². The van der Waals surface area contributed by atoms with Crippen LogP contribution in [0, 0.1) is 13.8 Å². The zero-order valence-electron chi connectivity index (χ0n) is 19.1. The summed E-state index contributed by atoms with van der Waals surface area (Å²) in [6, 6.07) is 4.08. The van der Waals surface area contributed by atoms with E-state index >= 15 is 0 Å². The number of hydrogen-bond donors (Lipinski definition) is 1. The number of amides is 1. The van der Waals surface area contributed by atoms with Gasteiger partial charge >= 0.3 is 5.97 Å². The summed E-state index contributed by atoms with van der Waals surface area (Å²) < 4.78 is 33.7. The number of sulfonamides is 1. The zero-order chi connectivity index (χ0) is 24.2. The maximum atomic E-state index is 12.7. The molecule has 0 saturated carbocycles. The fourth-order valence-electron chi connectivity index (χ4n) is 3.22. The Labute approximate surface area is 193 Å². The SMILES string of the molecule is CCN(CC)S(=O)(=O)c1ccc(Cl)c(NC(=O)C(C)OC(=O)Cc2c(C)nn(C)c2C)c1. The molecule has 1 unspecified atom stereocenters. The first-order valence-corrected chi connectivity index (χ1v) is 12.0.